The molecule has 1 aliphatic rings. The van der Waals surface area contributed by atoms with Crippen molar-refractivity contribution in [3.05, 3.63) is 58.8 Å². The van der Waals surface area contributed by atoms with Gasteiger partial charge in [0.25, 0.3) is 0 Å². The molecule has 4 heteroatoms. The fourth-order valence-electron chi connectivity index (χ4n) is 2.71. The molecule has 0 unspecified atom stereocenters. The van der Waals surface area contributed by atoms with Gasteiger partial charge < -0.3 is 10.1 Å². The van der Waals surface area contributed by atoms with Crippen molar-refractivity contribution in [3.8, 4) is 0 Å². The summed E-state index contributed by atoms with van der Waals surface area (Å²) in [7, 11) is 0. The molecule has 4 nitrogen and oxygen atoms in total. The van der Waals surface area contributed by atoms with Crippen LogP contribution in [0.5, 0.6) is 0 Å². The third-order valence-electron chi connectivity index (χ3n) is 3.69. The van der Waals surface area contributed by atoms with E-state index < -0.39 is 5.97 Å². The Kier molecular flexibility index (Phi) is 3.09. The van der Waals surface area contributed by atoms with Crippen molar-refractivity contribution >= 4 is 28.4 Å². The van der Waals surface area contributed by atoms with E-state index in [-0.39, 0.29) is 5.69 Å². The van der Waals surface area contributed by atoms with Gasteiger partial charge in [0.2, 0.25) is 0 Å². The smallest absolute Gasteiger partial charge is 0.352 e. The number of H-pyrrole nitrogens is 1. The minimum Gasteiger partial charge on any atom is -0.477 e. The Balaban J connectivity index is 2.29. The van der Waals surface area contributed by atoms with E-state index in [1.54, 1.807) is 13.0 Å². The zero-order chi connectivity index (χ0) is 15.0. The van der Waals surface area contributed by atoms with Crippen LogP contribution in [-0.2, 0) is 4.79 Å². The molecule has 1 heterocycles. The highest BCUT2D eigenvalue weighted by Crippen LogP contribution is 2.32. The number of aromatic amines is 1. The fraction of sp³-hybridized carbons (Fsp3) is 0.118. The molecule has 0 atom stereocenters. The summed E-state index contributed by atoms with van der Waals surface area (Å²) in [6.45, 7) is 1.79. The lowest BCUT2D eigenvalue weighted by Crippen LogP contribution is -1.98. The Labute approximate surface area is 121 Å². The Morgan fingerprint density at radius 1 is 1.38 bits per heavy atom. The molecule has 1 aromatic carbocycles. The molecular weight excluding hydrogens is 266 g/mol. The number of fused-ring (bicyclic) bond motifs is 1. The molecule has 0 amide bonds. The largest absolute Gasteiger partial charge is 0.477 e. The molecule has 1 aromatic heterocycles. The van der Waals surface area contributed by atoms with Crippen LogP contribution in [0.25, 0.3) is 16.5 Å². The summed E-state index contributed by atoms with van der Waals surface area (Å²) in [5.41, 5.74) is 4.07. The number of hydrogen-bond acceptors (Lipinski definition) is 2. The Bertz CT molecular complexity index is 862. The van der Waals surface area contributed by atoms with Crippen LogP contribution in [0, 0.1) is 6.92 Å². The molecular formula is C17H13NO3. The molecule has 0 fully saturated rings. The number of benzene rings is 1. The van der Waals surface area contributed by atoms with Crippen LogP contribution >= 0.6 is 0 Å². The summed E-state index contributed by atoms with van der Waals surface area (Å²) in [5.74, 6) is 0.951. The van der Waals surface area contributed by atoms with Crippen LogP contribution in [-0.4, -0.2) is 22.0 Å². The van der Waals surface area contributed by atoms with Crippen LogP contribution in [0.3, 0.4) is 0 Å². The lowest BCUT2D eigenvalue weighted by atomic mass is 9.93. The SMILES string of the molecule is Cc1c(C(=O)O)[nH]c2cccc(C3=CC(=C=O)CC=C3)c12. The molecule has 1 aliphatic carbocycles. The van der Waals surface area contributed by atoms with Gasteiger partial charge in [-0.25, -0.2) is 9.59 Å². The molecule has 0 saturated heterocycles. The van der Waals surface area contributed by atoms with Crippen molar-refractivity contribution in [1.29, 1.82) is 0 Å². The molecule has 0 spiro atoms. The lowest BCUT2D eigenvalue weighted by Gasteiger charge is -2.10. The standard InChI is InChI=1S/C17H13NO3/c1-10-15-13(12-5-2-4-11(8-12)9-19)6-3-7-14(15)18-16(10)17(20)21/h2-3,5-8,18H,4H2,1H3,(H,20,21). The maximum absolute atomic E-state index is 11.3. The molecule has 2 aromatic rings. The van der Waals surface area contributed by atoms with Gasteiger partial charge in [0.15, 0.2) is 0 Å². The van der Waals surface area contributed by atoms with Gasteiger partial charge in [-0.05, 0) is 35.8 Å². The summed E-state index contributed by atoms with van der Waals surface area (Å²) in [4.78, 5) is 25.0. The number of carboxylic acids is 1. The van der Waals surface area contributed by atoms with Gasteiger partial charge in [-0.1, -0.05) is 24.3 Å². The third-order valence-corrected chi connectivity index (χ3v) is 3.69. The molecule has 0 aliphatic heterocycles. The van der Waals surface area contributed by atoms with Gasteiger partial charge in [0, 0.05) is 22.9 Å². The number of carboxylic acid groups (broad SMARTS) is 1. The van der Waals surface area contributed by atoms with Gasteiger partial charge >= 0.3 is 5.97 Å². The second-order valence-corrected chi connectivity index (χ2v) is 4.99. The summed E-state index contributed by atoms with van der Waals surface area (Å²) in [6.07, 6.45) is 6.24. The maximum atomic E-state index is 11.3. The van der Waals surface area contributed by atoms with E-state index in [4.69, 9.17) is 0 Å². The van der Waals surface area contributed by atoms with E-state index in [9.17, 15) is 14.7 Å². The minimum atomic E-state index is -0.976. The van der Waals surface area contributed by atoms with Crippen molar-refractivity contribution in [1.82, 2.24) is 4.98 Å². The second kappa shape index (κ2) is 4.93. The van der Waals surface area contributed by atoms with Crippen molar-refractivity contribution < 1.29 is 14.7 Å². The predicted molar refractivity (Wildman–Crippen MR) is 80.9 cm³/mol. The van der Waals surface area contributed by atoms with Crippen molar-refractivity contribution in [2.75, 3.05) is 0 Å². The van der Waals surface area contributed by atoms with Gasteiger partial charge in [-0.15, -0.1) is 0 Å². The average molecular weight is 279 g/mol. The summed E-state index contributed by atoms with van der Waals surface area (Å²) in [5, 5.41) is 10.1. The number of allylic oxidation sites excluding steroid dienone is 5. The number of carbonyl (C=O) groups excluding carboxylic acids is 1. The molecule has 2 N–H and O–H groups in total. The maximum Gasteiger partial charge on any atom is 0.352 e. The number of rotatable bonds is 2. The van der Waals surface area contributed by atoms with Crippen LogP contribution in [0.4, 0.5) is 0 Å². The molecule has 0 bridgehead atoms. The molecule has 21 heavy (non-hydrogen) atoms. The molecule has 0 radical (unpaired) electrons. The zero-order valence-electron chi connectivity index (χ0n) is 11.4. The summed E-state index contributed by atoms with van der Waals surface area (Å²) < 4.78 is 0. The van der Waals surface area contributed by atoms with E-state index >= 15 is 0 Å². The zero-order valence-corrected chi connectivity index (χ0v) is 11.4. The monoisotopic (exact) mass is 279 g/mol. The van der Waals surface area contributed by atoms with E-state index in [0.717, 1.165) is 22.0 Å². The highest BCUT2D eigenvalue weighted by molar-refractivity contribution is 6.03. The Morgan fingerprint density at radius 2 is 2.19 bits per heavy atom. The predicted octanol–water partition coefficient (Wildman–Crippen LogP) is 3.28. The number of aryl methyl sites for hydroxylation is 1. The number of aromatic carboxylic acids is 1. The first-order chi connectivity index (χ1) is 10.1. The lowest BCUT2D eigenvalue weighted by molar-refractivity contribution is 0.0691. The van der Waals surface area contributed by atoms with Crippen LogP contribution in [0.2, 0.25) is 0 Å². The quantitative estimate of drug-likeness (QED) is 0.829. The summed E-state index contributed by atoms with van der Waals surface area (Å²) in [6, 6.07) is 5.65. The normalized spacial score (nSPS) is 14.1. The third kappa shape index (κ3) is 2.12. The van der Waals surface area contributed by atoms with Crippen molar-refractivity contribution in [2.24, 2.45) is 0 Å². The topological polar surface area (TPSA) is 70.2 Å². The van der Waals surface area contributed by atoms with Crippen LogP contribution in [0.15, 0.2) is 42.0 Å². The fourth-order valence-corrected chi connectivity index (χ4v) is 2.71. The van der Waals surface area contributed by atoms with Gasteiger partial charge in [0.1, 0.15) is 11.6 Å². The first-order valence-electron chi connectivity index (χ1n) is 6.59. The van der Waals surface area contributed by atoms with Crippen molar-refractivity contribution in [2.45, 2.75) is 13.3 Å². The number of nitrogens with one attached hydrogen (secondary N) is 1. The highest BCUT2D eigenvalue weighted by Gasteiger charge is 2.17. The number of aromatic nitrogens is 1. The molecule has 3 rings (SSSR count). The van der Waals surface area contributed by atoms with E-state index in [1.165, 1.54) is 0 Å². The molecule has 0 saturated carbocycles. The van der Waals surface area contributed by atoms with Gasteiger partial charge in [-0.2, -0.15) is 0 Å². The number of hydrogen-bond donors (Lipinski definition) is 2. The van der Waals surface area contributed by atoms with Crippen molar-refractivity contribution in [3.63, 3.8) is 0 Å². The number of carbonyl (C=O) groups is 1. The first kappa shape index (κ1) is 13.2. The van der Waals surface area contributed by atoms with Gasteiger partial charge in [-0.3, -0.25) is 0 Å². The van der Waals surface area contributed by atoms with Gasteiger partial charge in [0.05, 0.1) is 0 Å². The molecule has 104 valence electrons. The Hall–Kier alpha value is -2.84. The minimum absolute atomic E-state index is 0.198. The average Bonchev–Trinajstić information content (AvgIpc) is 2.85. The van der Waals surface area contributed by atoms with E-state index in [1.807, 2.05) is 36.3 Å². The van der Waals surface area contributed by atoms with E-state index in [0.29, 0.717) is 17.6 Å². The Morgan fingerprint density at radius 3 is 2.90 bits per heavy atom. The summed E-state index contributed by atoms with van der Waals surface area (Å²) >= 11 is 0. The van der Waals surface area contributed by atoms with E-state index in [2.05, 4.69) is 4.98 Å². The van der Waals surface area contributed by atoms with Crippen LogP contribution < -0.4 is 0 Å². The van der Waals surface area contributed by atoms with Crippen LogP contribution in [0.1, 0.15) is 28.0 Å². The first-order valence-corrected chi connectivity index (χ1v) is 6.59. The highest BCUT2D eigenvalue weighted by atomic mass is 16.4. The second-order valence-electron chi connectivity index (χ2n) is 4.99.